The van der Waals surface area contributed by atoms with Crippen LogP contribution in [0.25, 0.3) is 16.9 Å². The van der Waals surface area contributed by atoms with Crippen LogP contribution in [0.1, 0.15) is 44.8 Å². The Hall–Kier alpha value is -3.78. The molecule has 2 unspecified atom stereocenters. The molecular weight excluding hydrogens is 534 g/mol. The summed E-state index contributed by atoms with van der Waals surface area (Å²) in [6.45, 7) is 2.47. The summed E-state index contributed by atoms with van der Waals surface area (Å²) in [7, 11) is 2.68. The number of nitrogens with zero attached hydrogens (tertiary/aromatic N) is 5. The number of imidazole rings is 1. The summed E-state index contributed by atoms with van der Waals surface area (Å²) in [4.78, 5) is 25.8. The van der Waals surface area contributed by atoms with Gasteiger partial charge >= 0.3 is 18.4 Å². The third kappa shape index (κ3) is 7.00. The molecule has 214 valence electrons. The molecule has 15 heteroatoms. The summed E-state index contributed by atoms with van der Waals surface area (Å²) in [5.74, 6) is 0.226. The van der Waals surface area contributed by atoms with Gasteiger partial charge in [-0.3, -0.25) is 4.98 Å². The number of alkyl halides is 6. The minimum absolute atomic E-state index is 0.102. The lowest BCUT2D eigenvalue weighted by atomic mass is 10.1. The van der Waals surface area contributed by atoms with E-state index in [1.54, 1.807) is 10.6 Å². The summed E-state index contributed by atoms with van der Waals surface area (Å²) in [6, 6.07) is -3.53. The average Bonchev–Trinajstić information content (AvgIpc) is 3.36. The highest BCUT2D eigenvalue weighted by atomic mass is 19.4. The largest absolute Gasteiger partial charge is 0.494 e. The van der Waals surface area contributed by atoms with Crippen LogP contribution in [0.3, 0.4) is 0 Å². The zero-order valence-electron chi connectivity index (χ0n) is 21.6. The first-order chi connectivity index (χ1) is 18.3. The van der Waals surface area contributed by atoms with Gasteiger partial charge in [0.05, 0.1) is 31.8 Å². The van der Waals surface area contributed by atoms with Gasteiger partial charge in [-0.15, -0.1) is 0 Å². The third-order valence-corrected chi connectivity index (χ3v) is 6.02. The molecule has 0 fully saturated rings. The standard InChI is InChI=1S/C24H28F6N6O3/c1-5-14(7-8-23(25,26)27)33-22(37)36(6-2)19(24(28,29)30)16-11-15(18(38-3)12-32-16)17-13-35-10-9-31-20(35)21(34-17)39-4/h9-14,19H,5-8H2,1-4H3,(H,33,37). The number of rotatable bonds is 10. The van der Waals surface area contributed by atoms with Crippen LogP contribution in [0.2, 0.25) is 0 Å². The molecule has 3 rings (SSSR count). The molecule has 39 heavy (non-hydrogen) atoms. The summed E-state index contributed by atoms with van der Waals surface area (Å²) in [5, 5.41) is 2.31. The van der Waals surface area contributed by atoms with Gasteiger partial charge in [-0.05, 0) is 25.8 Å². The first kappa shape index (κ1) is 29.8. The fraction of sp³-hybridized carbons (Fsp3) is 0.500. The van der Waals surface area contributed by atoms with Gasteiger partial charge < -0.3 is 24.1 Å². The number of halogens is 6. The highest BCUT2D eigenvalue weighted by Gasteiger charge is 2.47. The minimum atomic E-state index is -4.97. The Bertz CT molecular complexity index is 1280. The van der Waals surface area contributed by atoms with E-state index >= 15 is 0 Å². The number of ether oxygens (including phenoxy) is 2. The van der Waals surface area contributed by atoms with Gasteiger partial charge in [0, 0.05) is 43.2 Å². The quantitative estimate of drug-likeness (QED) is 0.325. The summed E-state index contributed by atoms with van der Waals surface area (Å²) in [5.41, 5.74) is 0.167. The van der Waals surface area contributed by atoms with Crippen molar-refractivity contribution >= 4 is 11.7 Å². The molecule has 3 heterocycles. The Morgan fingerprint density at radius 1 is 1.13 bits per heavy atom. The van der Waals surface area contributed by atoms with E-state index < -0.39 is 55.5 Å². The Balaban J connectivity index is 2.03. The number of fused-ring (bicyclic) bond motifs is 1. The fourth-order valence-electron chi connectivity index (χ4n) is 4.06. The number of carbonyl (C=O) groups excluding carboxylic acids is 1. The maximum atomic E-state index is 14.4. The van der Waals surface area contributed by atoms with Crippen LogP contribution in [0.5, 0.6) is 11.6 Å². The van der Waals surface area contributed by atoms with Gasteiger partial charge in [0.2, 0.25) is 0 Å². The van der Waals surface area contributed by atoms with Crippen molar-refractivity contribution in [3.8, 4) is 22.9 Å². The molecule has 0 radical (unpaired) electrons. The molecule has 9 nitrogen and oxygen atoms in total. The number of hydrogen-bond donors (Lipinski definition) is 1. The lowest BCUT2D eigenvalue weighted by molar-refractivity contribution is -0.179. The Kier molecular flexibility index (Phi) is 9.12. The SMILES string of the molecule is CCC(CCC(F)(F)F)NC(=O)N(CC)C(c1cc(-c2cn3ccnc3c(OC)n2)c(OC)cn1)C(F)(F)F. The van der Waals surface area contributed by atoms with Crippen LogP contribution in [0, 0.1) is 0 Å². The zero-order valence-corrected chi connectivity index (χ0v) is 21.6. The van der Waals surface area contributed by atoms with Gasteiger partial charge in [0.25, 0.3) is 5.88 Å². The molecule has 2 atom stereocenters. The van der Waals surface area contributed by atoms with Crippen molar-refractivity contribution in [2.75, 3.05) is 20.8 Å². The normalized spacial score (nSPS) is 13.7. The number of aromatic nitrogens is 4. The fourth-order valence-corrected chi connectivity index (χ4v) is 4.06. The summed E-state index contributed by atoms with van der Waals surface area (Å²) in [6.07, 6.45) is -5.28. The molecule has 0 aliphatic heterocycles. The predicted octanol–water partition coefficient (Wildman–Crippen LogP) is 5.56. The van der Waals surface area contributed by atoms with Gasteiger partial charge in [0.1, 0.15) is 5.75 Å². The van der Waals surface area contributed by atoms with Crippen molar-refractivity contribution in [3.05, 3.63) is 36.5 Å². The van der Waals surface area contributed by atoms with Crippen LogP contribution < -0.4 is 14.8 Å². The van der Waals surface area contributed by atoms with Crippen molar-refractivity contribution in [3.63, 3.8) is 0 Å². The Morgan fingerprint density at radius 2 is 1.85 bits per heavy atom. The van der Waals surface area contributed by atoms with E-state index in [4.69, 9.17) is 9.47 Å². The van der Waals surface area contributed by atoms with Crippen LogP contribution in [0.4, 0.5) is 31.1 Å². The van der Waals surface area contributed by atoms with Crippen molar-refractivity contribution in [2.24, 2.45) is 0 Å². The third-order valence-electron chi connectivity index (χ3n) is 6.02. The molecule has 0 spiro atoms. The maximum Gasteiger partial charge on any atom is 0.414 e. The lowest BCUT2D eigenvalue weighted by Gasteiger charge is -2.33. The van der Waals surface area contributed by atoms with E-state index in [1.165, 1.54) is 40.5 Å². The minimum Gasteiger partial charge on any atom is -0.494 e. The molecule has 1 N–H and O–H groups in total. The van der Waals surface area contributed by atoms with Crippen LogP contribution in [-0.2, 0) is 0 Å². The van der Waals surface area contributed by atoms with Gasteiger partial charge in [-0.2, -0.15) is 26.3 Å². The molecule has 3 aromatic heterocycles. The number of urea groups is 1. The molecule has 2 amide bonds. The molecule has 3 aromatic rings. The Labute approximate surface area is 220 Å². The summed E-state index contributed by atoms with van der Waals surface area (Å²) >= 11 is 0. The Morgan fingerprint density at radius 3 is 2.41 bits per heavy atom. The highest BCUT2D eigenvalue weighted by molar-refractivity contribution is 5.75. The van der Waals surface area contributed by atoms with E-state index in [-0.39, 0.29) is 29.3 Å². The van der Waals surface area contributed by atoms with Crippen LogP contribution in [0.15, 0.2) is 30.9 Å². The number of hydrogen-bond acceptors (Lipinski definition) is 6. The van der Waals surface area contributed by atoms with E-state index in [2.05, 4.69) is 20.3 Å². The van der Waals surface area contributed by atoms with Gasteiger partial charge in [-0.1, -0.05) is 6.92 Å². The molecule has 0 aromatic carbocycles. The highest BCUT2D eigenvalue weighted by Crippen LogP contribution is 2.40. The molecule has 0 bridgehead atoms. The zero-order chi connectivity index (χ0) is 29.0. The van der Waals surface area contributed by atoms with Crippen molar-refractivity contribution < 1.29 is 40.6 Å². The van der Waals surface area contributed by atoms with Crippen molar-refractivity contribution in [1.82, 2.24) is 29.6 Å². The second-order valence-electron chi connectivity index (χ2n) is 8.54. The number of carbonyl (C=O) groups is 1. The smallest absolute Gasteiger partial charge is 0.414 e. The maximum absolute atomic E-state index is 14.4. The monoisotopic (exact) mass is 562 g/mol. The lowest BCUT2D eigenvalue weighted by Crippen LogP contribution is -2.50. The first-order valence-corrected chi connectivity index (χ1v) is 11.9. The second kappa shape index (κ2) is 11.9. The second-order valence-corrected chi connectivity index (χ2v) is 8.54. The molecular formula is C24H28F6N6O3. The topological polar surface area (TPSA) is 93.9 Å². The van der Waals surface area contributed by atoms with E-state index in [1.807, 2.05) is 0 Å². The van der Waals surface area contributed by atoms with E-state index in [9.17, 15) is 31.1 Å². The van der Waals surface area contributed by atoms with Crippen LogP contribution >= 0.6 is 0 Å². The van der Waals surface area contributed by atoms with Gasteiger partial charge in [-0.25, -0.2) is 14.8 Å². The number of nitrogens with one attached hydrogen (secondary N) is 1. The van der Waals surface area contributed by atoms with E-state index in [0.29, 0.717) is 10.5 Å². The van der Waals surface area contributed by atoms with Crippen LogP contribution in [-0.4, -0.2) is 69.4 Å². The molecule has 0 saturated heterocycles. The number of pyridine rings is 1. The number of amides is 2. The van der Waals surface area contributed by atoms with Gasteiger partial charge in [0.15, 0.2) is 11.7 Å². The summed E-state index contributed by atoms with van der Waals surface area (Å²) < 4.78 is 93.5. The first-order valence-electron chi connectivity index (χ1n) is 11.9. The predicted molar refractivity (Wildman–Crippen MR) is 128 cm³/mol. The molecule has 0 aliphatic carbocycles. The number of methoxy groups -OCH3 is 2. The van der Waals surface area contributed by atoms with Crippen molar-refractivity contribution in [2.45, 2.75) is 57.5 Å². The average molecular weight is 563 g/mol. The molecule has 0 saturated carbocycles. The molecule has 0 aliphatic rings. The van der Waals surface area contributed by atoms with Crippen molar-refractivity contribution in [1.29, 1.82) is 0 Å². The van der Waals surface area contributed by atoms with E-state index in [0.717, 1.165) is 12.3 Å².